The number of fused-ring (bicyclic) bond motifs is 2. The minimum atomic E-state index is -0.414. The van der Waals surface area contributed by atoms with Crippen molar-refractivity contribution in [2.24, 2.45) is 0 Å². The van der Waals surface area contributed by atoms with Crippen molar-refractivity contribution in [3.05, 3.63) is 66.1 Å². The molecule has 0 radical (unpaired) electrons. The minimum Gasteiger partial charge on any atom is -0.331 e. The number of rotatable bonds is 4. The van der Waals surface area contributed by atoms with Crippen molar-refractivity contribution in [1.82, 2.24) is 30.1 Å². The highest BCUT2D eigenvalue weighted by molar-refractivity contribution is 6.13. The van der Waals surface area contributed by atoms with E-state index in [4.69, 9.17) is 0 Å². The van der Waals surface area contributed by atoms with E-state index in [2.05, 4.69) is 40.8 Å². The van der Waals surface area contributed by atoms with Crippen molar-refractivity contribution in [2.75, 3.05) is 10.6 Å². The topological polar surface area (TPSA) is 144 Å². The molecule has 3 heterocycles. The first-order chi connectivity index (χ1) is 14.2. The molecule has 29 heavy (non-hydrogen) atoms. The molecule has 0 aliphatic carbocycles. The van der Waals surface area contributed by atoms with E-state index in [-0.39, 0.29) is 17.5 Å². The Labute approximate surface area is 162 Å². The summed E-state index contributed by atoms with van der Waals surface area (Å²) in [5.74, 6) is -0.229. The van der Waals surface area contributed by atoms with E-state index in [0.29, 0.717) is 27.9 Å². The van der Waals surface area contributed by atoms with Crippen LogP contribution in [0.4, 0.5) is 11.9 Å². The van der Waals surface area contributed by atoms with Gasteiger partial charge in [-0.25, -0.2) is 9.97 Å². The van der Waals surface area contributed by atoms with Crippen LogP contribution in [0.5, 0.6) is 0 Å². The van der Waals surface area contributed by atoms with Gasteiger partial charge in [-0.2, -0.15) is 5.10 Å². The number of amides is 2. The van der Waals surface area contributed by atoms with Crippen LogP contribution in [-0.2, 0) is 0 Å². The van der Waals surface area contributed by atoms with Gasteiger partial charge in [0.05, 0.1) is 16.6 Å². The minimum absolute atomic E-state index is 0.218. The van der Waals surface area contributed by atoms with Crippen molar-refractivity contribution in [1.29, 1.82) is 0 Å². The van der Waals surface area contributed by atoms with Gasteiger partial charge in [0.15, 0.2) is 5.69 Å². The Morgan fingerprint density at radius 1 is 0.897 bits per heavy atom. The lowest BCUT2D eigenvalue weighted by molar-refractivity contribution is 0.101. The highest BCUT2D eigenvalue weighted by atomic mass is 16.2. The van der Waals surface area contributed by atoms with Crippen molar-refractivity contribution < 1.29 is 9.59 Å². The fraction of sp³-hybridized carbons (Fsp3) is 0. The van der Waals surface area contributed by atoms with Gasteiger partial charge in [0.2, 0.25) is 11.9 Å². The van der Waals surface area contributed by atoms with Crippen LogP contribution in [0.3, 0.4) is 0 Å². The molecule has 2 aromatic carbocycles. The standard InChI is InChI=1S/C19H14N8O2/c28-16(24-18-20-8-9-21-18)11-5-3-7-13-14(11)23-19(22-13)25-17(29)15-10-4-1-2-6-12(10)26-27-15/h1-9H,(H,26,27)(H2,20,21,24,28)(H2,22,23,25,29). The molecular weight excluding hydrogens is 372 g/mol. The maximum absolute atomic E-state index is 12.7. The van der Waals surface area contributed by atoms with Crippen LogP contribution in [0.1, 0.15) is 20.8 Å². The van der Waals surface area contributed by atoms with E-state index >= 15 is 0 Å². The summed E-state index contributed by atoms with van der Waals surface area (Å²) >= 11 is 0. The number of nitrogens with zero attached hydrogens (tertiary/aromatic N) is 3. The third kappa shape index (κ3) is 2.98. The highest BCUT2D eigenvalue weighted by Crippen LogP contribution is 2.21. The number of hydrogen-bond donors (Lipinski definition) is 5. The maximum atomic E-state index is 12.7. The second-order valence-electron chi connectivity index (χ2n) is 6.25. The SMILES string of the molecule is O=C(Nc1nc2c(C(=O)Nc3ncc[nH]3)cccc2[nH]1)c1n[nH]c2ccccc12. The van der Waals surface area contributed by atoms with Crippen molar-refractivity contribution in [2.45, 2.75) is 0 Å². The summed E-state index contributed by atoms with van der Waals surface area (Å²) in [4.78, 5) is 39.4. The lowest BCUT2D eigenvalue weighted by Crippen LogP contribution is -2.14. The van der Waals surface area contributed by atoms with E-state index < -0.39 is 5.91 Å². The smallest absolute Gasteiger partial charge is 0.279 e. The van der Waals surface area contributed by atoms with Crippen LogP contribution in [0.15, 0.2) is 54.9 Å². The zero-order chi connectivity index (χ0) is 19.8. The molecule has 0 bridgehead atoms. The van der Waals surface area contributed by atoms with Gasteiger partial charge in [0.25, 0.3) is 11.8 Å². The molecule has 2 amide bonds. The monoisotopic (exact) mass is 386 g/mol. The fourth-order valence-corrected chi connectivity index (χ4v) is 3.09. The molecule has 5 aromatic rings. The van der Waals surface area contributed by atoms with E-state index in [1.54, 1.807) is 24.4 Å². The molecule has 5 rings (SSSR count). The molecule has 0 saturated carbocycles. The lowest BCUT2D eigenvalue weighted by atomic mass is 10.2. The number of nitrogens with one attached hydrogen (secondary N) is 5. The van der Waals surface area contributed by atoms with Gasteiger partial charge in [-0.05, 0) is 18.2 Å². The first kappa shape index (κ1) is 16.7. The summed E-state index contributed by atoms with van der Waals surface area (Å²) in [6.07, 6.45) is 3.15. The maximum Gasteiger partial charge on any atom is 0.279 e. The molecule has 0 unspecified atom stereocenters. The number of benzene rings is 2. The van der Waals surface area contributed by atoms with Crippen LogP contribution < -0.4 is 10.6 Å². The summed E-state index contributed by atoms with van der Waals surface area (Å²) in [5.41, 5.74) is 2.41. The fourth-order valence-electron chi connectivity index (χ4n) is 3.09. The Balaban J connectivity index is 1.44. The van der Waals surface area contributed by atoms with E-state index in [9.17, 15) is 9.59 Å². The Morgan fingerprint density at radius 2 is 1.72 bits per heavy atom. The number of para-hydroxylation sites is 2. The molecule has 10 heteroatoms. The van der Waals surface area contributed by atoms with Crippen LogP contribution in [0, 0.1) is 0 Å². The third-order valence-electron chi connectivity index (χ3n) is 4.40. The van der Waals surface area contributed by atoms with Crippen molar-refractivity contribution in [3.8, 4) is 0 Å². The third-order valence-corrected chi connectivity index (χ3v) is 4.40. The van der Waals surface area contributed by atoms with E-state index in [1.165, 1.54) is 6.20 Å². The zero-order valence-corrected chi connectivity index (χ0v) is 14.9. The number of H-pyrrole nitrogens is 3. The number of aromatic amines is 3. The number of aromatic nitrogens is 6. The van der Waals surface area contributed by atoms with Gasteiger partial charge in [-0.15, -0.1) is 0 Å². The molecule has 10 nitrogen and oxygen atoms in total. The van der Waals surface area contributed by atoms with Gasteiger partial charge >= 0.3 is 0 Å². The van der Waals surface area contributed by atoms with Gasteiger partial charge in [-0.3, -0.25) is 25.3 Å². The van der Waals surface area contributed by atoms with E-state index in [0.717, 1.165) is 5.52 Å². The van der Waals surface area contributed by atoms with Gasteiger partial charge in [-0.1, -0.05) is 24.3 Å². The summed E-state index contributed by atoms with van der Waals surface area (Å²) in [6.45, 7) is 0. The Morgan fingerprint density at radius 3 is 2.59 bits per heavy atom. The molecule has 142 valence electrons. The predicted octanol–water partition coefficient (Wildman–Crippen LogP) is 2.67. The van der Waals surface area contributed by atoms with Crippen LogP contribution in [0.25, 0.3) is 21.9 Å². The predicted molar refractivity (Wildman–Crippen MR) is 107 cm³/mol. The second-order valence-corrected chi connectivity index (χ2v) is 6.25. The highest BCUT2D eigenvalue weighted by Gasteiger charge is 2.18. The molecule has 0 atom stereocenters. The number of anilines is 2. The van der Waals surface area contributed by atoms with Gasteiger partial charge < -0.3 is 9.97 Å². The molecule has 0 saturated heterocycles. The first-order valence-corrected chi connectivity index (χ1v) is 8.73. The number of carbonyl (C=O) groups excluding carboxylic acids is 2. The van der Waals surface area contributed by atoms with Crippen molar-refractivity contribution >= 4 is 45.6 Å². The van der Waals surface area contributed by atoms with Gasteiger partial charge in [0, 0.05) is 17.8 Å². The average Bonchev–Trinajstić information content (AvgIpc) is 3.46. The Bertz CT molecular complexity index is 1350. The summed E-state index contributed by atoms with van der Waals surface area (Å²) in [6, 6.07) is 12.5. The Kier molecular flexibility index (Phi) is 3.80. The van der Waals surface area contributed by atoms with Crippen LogP contribution >= 0.6 is 0 Å². The normalized spacial score (nSPS) is 11.0. The molecular formula is C19H14N8O2. The molecule has 5 N–H and O–H groups in total. The lowest BCUT2D eigenvalue weighted by Gasteiger charge is -2.02. The zero-order valence-electron chi connectivity index (χ0n) is 14.9. The summed E-state index contributed by atoms with van der Waals surface area (Å²) < 4.78 is 0. The molecule has 0 aliphatic heterocycles. The Hall–Kier alpha value is -4.47. The average molecular weight is 386 g/mol. The van der Waals surface area contributed by atoms with Crippen molar-refractivity contribution in [3.63, 3.8) is 0 Å². The molecule has 0 aliphatic rings. The second kappa shape index (κ2) is 6.60. The number of carbonyl (C=O) groups is 2. The first-order valence-electron chi connectivity index (χ1n) is 8.73. The molecule has 0 spiro atoms. The molecule has 0 fully saturated rings. The largest absolute Gasteiger partial charge is 0.331 e. The van der Waals surface area contributed by atoms with E-state index in [1.807, 2.05) is 24.3 Å². The van der Waals surface area contributed by atoms with Crippen LogP contribution in [-0.4, -0.2) is 41.9 Å². The quantitative estimate of drug-likeness (QED) is 0.322. The summed E-state index contributed by atoms with van der Waals surface area (Å²) in [5, 5.41) is 13.0. The number of imidazole rings is 2. The summed E-state index contributed by atoms with van der Waals surface area (Å²) in [7, 11) is 0. The van der Waals surface area contributed by atoms with Gasteiger partial charge in [0.1, 0.15) is 5.52 Å². The molecule has 3 aromatic heterocycles. The number of hydrogen-bond acceptors (Lipinski definition) is 5. The van der Waals surface area contributed by atoms with Crippen LogP contribution in [0.2, 0.25) is 0 Å².